The molecule has 0 unspecified atom stereocenters. The zero-order chi connectivity index (χ0) is 20.8. The lowest BCUT2D eigenvalue weighted by Gasteiger charge is -2.20. The molecule has 2 heterocycles. The lowest BCUT2D eigenvalue weighted by atomic mass is 10.1. The topological polar surface area (TPSA) is 59.4 Å². The molecular formula is C22H23FN2O3S. The number of benzene rings is 2. The number of aryl methyl sites for hydroxylation is 2. The fourth-order valence-corrected chi connectivity index (χ4v) is 5.41. The van der Waals surface area contributed by atoms with E-state index in [-0.39, 0.29) is 15.2 Å². The van der Waals surface area contributed by atoms with Gasteiger partial charge in [-0.05, 0) is 56.5 Å². The molecule has 0 bridgehead atoms. The van der Waals surface area contributed by atoms with E-state index in [1.54, 1.807) is 29.7 Å². The highest BCUT2D eigenvalue weighted by molar-refractivity contribution is 7.91. The summed E-state index contributed by atoms with van der Waals surface area (Å²) >= 11 is 0. The Balaban J connectivity index is 1.97. The predicted molar refractivity (Wildman–Crippen MR) is 112 cm³/mol. The third-order valence-corrected chi connectivity index (χ3v) is 7.24. The van der Waals surface area contributed by atoms with Crippen LogP contribution in [0.4, 0.5) is 10.1 Å². The number of aromatic nitrogens is 1. The third-order valence-electron chi connectivity index (χ3n) is 5.49. The quantitative estimate of drug-likeness (QED) is 0.650. The SMILES string of the molecule is CCn1cc(S(=O)(=O)c2cccc(C)c2)c(=O)c2cc(F)c(N3CCCC3)cc21. The van der Waals surface area contributed by atoms with Crippen LogP contribution in [0.1, 0.15) is 25.3 Å². The second-order valence-electron chi connectivity index (χ2n) is 7.44. The van der Waals surface area contributed by atoms with Gasteiger partial charge in [0.05, 0.1) is 21.5 Å². The fourth-order valence-electron chi connectivity index (χ4n) is 3.94. The molecule has 5 nitrogen and oxygen atoms in total. The third kappa shape index (κ3) is 3.33. The van der Waals surface area contributed by atoms with Crippen LogP contribution in [0.2, 0.25) is 0 Å². The van der Waals surface area contributed by atoms with Gasteiger partial charge < -0.3 is 9.47 Å². The van der Waals surface area contributed by atoms with E-state index >= 15 is 0 Å². The first kappa shape index (κ1) is 19.6. The molecule has 29 heavy (non-hydrogen) atoms. The van der Waals surface area contributed by atoms with E-state index < -0.39 is 21.1 Å². The second-order valence-corrected chi connectivity index (χ2v) is 9.36. The van der Waals surface area contributed by atoms with Crippen LogP contribution in [-0.2, 0) is 16.4 Å². The van der Waals surface area contributed by atoms with Crippen molar-refractivity contribution in [1.29, 1.82) is 0 Å². The number of hydrogen-bond acceptors (Lipinski definition) is 4. The molecule has 0 spiro atoms. The normalized spacial score (nSPS) is 14.7. The number of pyridine rings is 1. The Labute approximate surface area is 169 Å². The molecular weight excluding hydrogens is 391 g/mol. The Kier molecular flexibility index (Phi) is 4.94. The highest BCUT2D eigenvalue weighted by Gasteiger charge is 2.25. The summed E-state index contributed by atoms with van der Waals surface area (Å²) < 4.78 is 42.9. The second kappa shape index (κ2) is 7.30. The van der Waals surface area contributed by atoms with E-state index in [0.29, 0.717) is 17.7 Å². The van der Waals surface area contributed by atoms with Gasteiger partial charge in [0, 0.05) is 25.8 Å². The highest BCUT2D eigenvalue weighted by atomic mass is 32.2. The molecule has 0 N–H and O–H groups in total. The number of sulfone groups is 1. The van der Waals surface area contributed by atoms with Crippen LogP contribution in [-0.4, -0.2) is 26.1 Å². The molecule has 1 aromatic heterocycles. The first-order chi connectivity index (χ1) is 13.8. The average molecular weight is 415 g/mol. The molecule has 3 aromatic rings. The molecule has 7 heteroatoms. The Morgan fingerprint density at radius 3 is 2.48 bits per heavy atom. The first-order valence-corrected chi connectivity index (χ1v) is 11.2. The summed E-state index contributed by atoms with van der Waals surface area (Å²) in [6.45, 7) is 5.67. The number of rotatable bonds is 4. The molecule has 1 saturated heterocycles. The van der Waals surface area contributed by atoms with Gasteiger partial charge in [0.15, 0.2) is 0 Å². The van der Waals surface area contributed by atoms with E-state index in [2.05, 4.69) is 0 Å². The smallest absolute Gasteiger partial charge is 0.211 e. The number of nitrogens with zero attached hydrogens (tertiary/aromatic N) is 2. The van der Waals surface area contributed by atoms with Gasteiger partial charge in [-0.25, -0.2) is 12.8 Å². The van der Waals surface area contributed by atoms with Crippen molar-refractivity contribution in [1.82, 2.24) is 4.57 Å². The monoisotopic (exact) mass is 414 g/mol. The Morgan fingerprint density at radius 2 is 1.83 bits per heavy atom. The maximum atomic E-state index is 14.9. The van der Waals surface area contributed by atoms with Crippen LogP contribution in [0, 0.1) is 12.7 Å². The largest absolute Gasteiger partial charge is 0.369 e. The minimum absolute atomic E-state index is 0.0609. The zero-order valence-electron chi connectivity index (χ0n) is 16.5. The van der Waals surface area contributed by atoms with Crippen molar-refractivity contribution in [2.45, 2.75) is 43.0 Å². The van der Waals surface area contributed by atoms with Crippen molar-refractivity contribution in [3.63, 3.8) is 0 Å². The van der Waals surface area contributed by atoms with Gasteiger partial charge in [-0.15, -0.1) is 0 Å². The summed E-state index contributed by atoms with van der Waals surface area (Å²) in [4.78, 5) is 14.8. The first-order valence-electron chi connectivity index (χ1n) is 9.76. The molecule has 152 valence electrons. The highest BCUT2D eigenvalue weighted by Crippen LogP contribution is 2.29. The minimum Gasteiger partial charge on any atom is -0.369 e. The summed E-state index contributed by atoms with van der Waals surface area (Å²) in [7, 11) is -4.02. The standard InChI is InChI=1S/C22H23FN2O3S/c1-3-24-14-21(29(27,28)16-8-6-7-15(2)11-16)22(26)17-12-18(23)20(13-19(17)24)25-9-4-5-10-25/h6-8,11-14H,3-5,9-10H2,1-2H3. The molecule has 4 rings (SSSR count). The predicted octanol–water partition coefficient (Wildman–Crippen LogP) is 3.90. The molecule has 0 saturated carbocycles. The molecule has 1 aliphatic rings. The van der Waals surface area contributed by atoms with Crippen LogP contribution in [0.3, 0.4) is 0 Å². The molecule has 0 amide bonds. The number of anilines is 1. The summed E-state index contributed by atoms with van der Waals surface area (Å²) in [6.07, 6.45) is 3.39. The van der Waals surface area contributed by atoms with Gasteiger partial charge in [0.2, 0.25) is 15.3 Å². The Morgan fingerprint density at radius 1 is 1.10 bits per heavy atom. The van der Waals surface area contributed by atoms with E-state index in [9.17, 15) is 17.6 Å². The van der Waals surface area contributed by atoms with Gasteiger partial charge in [0.1, 0.15) is 10.7 Å². The van der Waals surface area contributed by atoms with Crippen LogP contribution < -0.4 is 10.3 Å². The van der Waals surface area contributed by atoms with Gasteiger partial charge in [-0.2, -0.15) is 0 Å². The molecule has 1 aliphatic heterocycles. The van der Waals surface area contributed by atoms with E-state index in [4.69, 9.17) is 0 Å². The van der Waals surface area contributed by atoms with Crippen molar-refractivity contribution in [2.24, 2.45) is 0 Å². The van der Waals surface area contributed by atoms with Gasteiger partial charge in [-0.3, -0.25) is 4.79 Å². The van der Waals surface area contributed by atoms with Crippen LogP contribution in [0.25, 0.3) is 10.9 Å². The van der Waals surface area contributed by atoms with Crippen molar-refractivity contribution in [3.05, 3.63) is 64.2 Å². The summed E-state index contributed by atoms with van der Waals surface area (Å²) in [5.74, 6) is -0.496. The number of hydrogen-bond donors (Lipinski definition) is 0. The molecule has 0 radical (unpaired) electrons. The van der Waals surface area contributed by atoms with Crippen molar-refractivity contribution in [3.8, 4) is 0 Å². The number of fused-ring (bicyclic) bond motifs is 1. The van der Waals surface area contributed by atoms with E-state index in [1.165, 1.54) is 24.4 Å². The van der Waals surface area contributed by atoms with E-state index in [0.717, 1.165) is 31.5 Å². The van der Waals surface area contributed by atoms with Crippen molar-refractivity contribution in [2.75, 3.05) is 18.0 Å². The summed E-state index contributed by atoms with van der Waals surface area (Å²) in [5.41, 5.74) is 1.12. The molecule has 1 fully saturated rings. The van der Waals surface area contributed by atoms with Crippen LogP contribution in [0.15, 0.2) is 57.2 Å². The number of halogens is 1. The Hall–Kier alpha value is -2.67. The minimum atomic E-state index is -4.02. The average Bonchev–Trinajstić information content (AvgIpc) is 3.22. The lowest BCUT2D eigenvalue weighted by molar-refractivity contribution is 0.593. The van der Waals surface area contributed by atoms with Crippen molar-refractivity contribution >= 4 is 26.4 Å². The maximum Gasteiger partial charge on any atom is 0.211 e. The van der Waals surface area contributed by atoms with Crippen LogP contribution in [0.5, 0.6) is 0 Å². The zero-order valence-corrected chi connectivity index (χ0v) is 17.3. The molecule has 0 atom stereocenters. The fraction of sp³-hybridized carbons (Fsp3) is 0.318. The van der Waals surface area contributed by atoms with Crippen molar-refractivity contribution < 1.29 is 12.8 Å². The molecule has 0 aliphatic carbocycles. The Bertz CT molecular complexity index is 1260. The van der Waals surface area contributed by atoms with Crippen LogP contribution >= 0.6 is 0 Å². The molecule has 2 aromatic carbocycles. The maximum absolute atomic E-state index is 14.9. The van der Waals surface area contributed by atoms with Gasteiger partial charge in [-0.1, -0.05) is 12.1 Å². The summed E-state index contributed by atoms with van der Waals surface area (Å²) in [5, 5.41) is 0.0843. The van der Waals surface area contributed by atoms with Gasteiger partial charge >= 0.3 is 0 Å². The van der Waals surface area contributed by atoms with E-state index in [1.807, 2.05) is 11.8 Å². The summed E-state index contributed by atoms with van der Waals surface area (Å²) in [6, 6.07) is 9.30. The lowest BCUT2D eigenvalue weighted by Crippen LogP contribution is -2.22. The van der Waals surface area contributed by atoms with Gasteiger partial charge in [0.25, 0.3) is 0 Å².